The Labute approximate surface area is 137 Å². The largest absolute Gasteiger partial charge is 0.256 e. The van der Waals surface area contributed by atoms with Crippen molar-refractivity contribution in [2.75, 3.05) is 0 Å². The molecule has 5 heteroatoms. The van der Waals surface area contributed by atoms with Crippen LogP contribution in [0.5, 0.6) is 0 Å². The number of hydrogen-bond donors (Lipinski definition) is 0. The van der Waals surface area contributed by atoms with Crippen LogP contribution >= 0.6 is 22.9 Å². The molecule has 0 atom stereocenters. The van der Waals surface area contributed by atoms with Gasteiger partial charge in [-0.05, 0) is 19.9 Å². The average Bonchev–Trinajstić information content (AvgIpc) is 2.84. The zero-order valence-electron chi connectivity index (χ0n) is 11.9. The lowest BCUT2D eigenvalue weighted by Gasteiger charge is -2.10. The monoisotopic (exact) mass is 323 g/mol. The highest BCUT2D eigenvalue weighted by Crippen LogP contribution is 2.44. The molecule has 0 unspecified atom stereocenters. The number of fused-ring (bicyclic) bond motifs is 1. The van der Waals surface area contributed by atoms with Gasteiger partial charge in [0.2, 0.25) is 0 Å². The van der Waals surface area contributed by atoms with Gasteiger partial charge < -0.3 is 0 Å². The normalized spacial score (nSPS) is 10.4. The summed E-state index contributed by atoms with van der Waals surface area (Å²) in [6.07, 6.45) is 0. The maximum Gasteiger partial charge on any atom is 0.102 e. The first kappa shape index (κ1) is 14.5. The summed E-state index contributed by atoms with van der Waals surface area (Å²) in [4.78, 5) is 5.06. The number of nitrogens with zero attached hydrogens (tertiary/aromatic N) is 3. The minimum absolute atomic E-state index is 0.413. The van der Waals surface area contributed by atoms with Crippen molar-refractivity contribution < 1.29 is 0 Å². The summed E-state index contributed by atoms with van der Waals surface area (Å²) in [6, 6.07) is 12.1. The van der Waals surface area contributed by atoms with Gasteiger partial charge in [-0.3, -0.25) is 4.98 Å². The third-order valence-corrected chi connectivity index (χ3v) is 5.24. The predicted molar refractivity (Wildman–Crippen MR) is 89.0 cm³/mol. The molecule has 3 rings (SSSR count). The Balaban J connectivity index is 2.48. The fourth-order valence-corrected chi connectivity index (χ4v) is 4.11. The van der Waals surface area contributed by atoms with Gasteiger partial charge in [0.15, 0.2) is 0 Å². The molecule has 3 nitrogen and oxygen atoms in total. The smallest absolute Gasteiger partial charge is 0.102 e. The molecular formula is C17H10ClN3S. The molecule has 1 aromatic carbocycles. The number of aromatic nitrogens is 1. The molecule has 22 heavy (non-hydrogen) atoms. The molecule has 0 saturated carbocycles. The Morgan fingerprint density at radius 3 is 2.18 bits per heavy atom. The van der Waals surface area contributed by atoms with Gasteiger partial charge in [0.1, 0.15) is 12.1 Å². The van der Waals surface area contributed by atoms with E-state index in [2.05, 4.69) is 17.1 Å². The molecule has 0 saturated heterocycles. The number of aryl methyl sites for hydroxylation is 2. The van der Waals surface area contributed by atoms with Crippen LogP contribution in [0.3, 0.4) is 0 Å². The number of nitriles is 2. The second kappa shape index (κ2) is 5.42. The Morgan fingerprint density at radius 1 is 1.05 bits per heavy atom. The molecule has 0 spiro atoms. The molecule has 0 amide bonds. The van der Waals surface area contributed by atoms with E-state index in [4.69, 9.17) is 11.6 Å². The van der Waals surface area contributed by atoms with Crippen molar-refractivity contribution >= 4 is 33.0 Å². The van der Waals surface area contributed by atoms with Crippen LogP contribution in [0.15, 0.2) is 24.3 Å². The maximum absolute atomic E-state index is 9.50. The lowest BCUT2D eigenvalue weighted by molar-refractivity contribution is 1.10. The SMILES string of the molecule is Cc1nc(C)c(C#N)c(-c2sc3ccccc3c2Cl)c1C#N. The van der Waals surface area contributed by atoms with Crippen molar-refractivity contribution in [2.45, 2.75) is 13.8 Å². The van der Waals surface area contributed by atoms with E-state index in [-0.39, 0.29) is 0 Å². The Bertz CT molecular complexity index is 952. The number of rotatable bonds is 1. The molecule has 0 radical (unpaired) electrons. The van der Waals surface area contributed by atoms with E-state index in [1.165, 1.54) is 11.3 Å². The number of benzene rings is 1. The van der Waals surface area contributed by atoms with Crippen molar-refractivity contribution in [3.63, 3.8) is 0 Å². The van der Waals surface area contributed by atoms with Crippen LogP contribution in [-0.2, 0) is 0 Å². The van der Waals surface area contributed by atoms with Gasteiger partial charge in [0.25, 0.3) is 0 Å². The fraction of sp³-hybridized carbons (Fsp3) is 0.118. The fourth-order valence-electron chi connectivity index (χ4n) is 2.53. The lowest BCUT2D eigenvalue weighted by Crippen LogP contribution is -2.00. The van der Waals surface area contributed by atoms with Gasteiger partial charge in [-0.1, -0.05) is 29.8 Å². The van der Waals surface area contributed by atoms with Crippen molar-refractivity contribution in [3.05, 3.63) is 51.8 Å². The standard InChI is InChI=1S/C17H10ClN3S/c1-9-12(7-19)15(13(8-20)10(2)21-9)17-16(18)11-5-3-4-6-14(11)22-17/h3-6H,1-2H3. The third kappa shape index (κ3) is 2.05. The van der Waals surface area contributed by atoms with Crippen molar-refractivity contribution in [3.8, 4) is 22.6 Å². The topological polar surface area (TPSA) is 60.5 Å². The van der Waals surface area contributed by atoms with Crippen LogP contribution in [0.2, 0.25) is 5.02 Å². The van der Waals surface area contributed by atoms with Crippen molar-refractivity contribution in [1.29, 1.82) is 10.5 Å². The van der Waals surface area contributed by atoms with Crippen LogP contribution in [0, 0.1) is 36.5 Å². The first-order valence-corrected chi connectivity index (χ1v) is 7.76. The predicted octanol–water partition coefficient (Wildman–Crippen LogP) is 4.98. The van der Waals surface area contributed by atoms with E-state index in [1.54, 1.807) is 13.8 Å². The first-order chi connectivity index (χ1) is 10.6. The Morgan fingerprint density at radius 2 is 1.64 bits per heavy atom. The van der Waals surface area contributed by atoms with E-state index in [9.17, 15) is 10.5 Å². The first-order valence-electron chi connectivity index (χ1n) is 6.57. The van der Waals surface area contributed by atoms with Crippen LogP contribution < -0.4 is 0 Å². The average molecular weight is 324 g/mol. The third-order valence-electron chi connectivity index (χ3n) is 3.54. The van der Waals surface area contributed by atoms with Gasteiger partial charge in [0, 0.05) is 15.6 Å². The molecule has 0 N–H and O–H groups in total. The molecule has 106 valence electrons. The van der Waals surface area contributed by atoms with Crippen LogP contribution in [0.25, 0.3) is 20.5 Å². The highest BCUT2D eigenvalue weighted by molar-refractivity contribution is 7.23. The minimum Gasteiger partial charge on any atom is -0.256 e. The van der Waals surface area contributed by atoms with E-state index < -0.39 is 0 Å². The molecule has 0 bridgehead atoms. The summed E-state index contributed by atoms with van der Waals surface area (Å²) in [5, 5.41) is 20.5. The molecule has 0 fully saturated rings. The highest BCUT2D eigenvalue weighted by atomic mass is 35.5. The minimum atomic E-state index is 0.413. The van der Waals surface area contributed by atoms with Gasteiger partial charge in [0.05, 0.1) is 32.4 Å². The molecule has 2 heterocycles. The van der Waals surface area contributed by atoms with Crippen LogP contribution in [-0.4, -0.2) is 4.98 Å². The number of thiophene rings is 1. The lowest BCUT2D eigenvalue weighted by atomic mass is 9.98. The molecule has 0 aliphatic heterocycles. The maximum atomic E-state index is 9.50. The summed E-state index contributed by atoms with van der Waals surface area (Å²) in [5.41, 5.74) is 2.65. The van der Waals surface area contributed by atoms with Crippen LogP contribution in [0.1, 0.15) is 22.5 Å². The van der Waals surface area contributed by atoms with E-state index >= 15 is 0 Å². The van der Waals surface area contributed by atoms with Crippen molar-refractivity contribution in [1.82, 2.24) is 4.98 Å². The van der Waals surface area contributed by atoms with Gasteiger partial charge >= 0.3 is 0 Å². The summed E-state index contributed by atoms with van der Waals surface area (Å²) in [7, 11) is 0. The van der Waals surface area contributed by atoms with E-state index in [0.29, 0.717) is 33.1 Å². The second-order valence-electron chi connectivity index (χ2n) is 4.87. The zero-order valence-corrected chi connectivity index (χ0v) is 13.5. The summed E-state index contributed by atoms with van der Waals surface area (Å²) in [5.74, 6) is 0. The molecule has 0 aliphatic carbocycles. The Kier molecular flexibility index (Phi) is 3.58. The zero-order chi connectivity index (χ0) is 15.9. The van der Waals surface area contributed by atoms with Crippen molar-refractivity contribution in [2.24, 2.45) is 0 Å². The highest BCUT2D eigenvalue weighted by Gasteiger charge is 2.22. The molecule has 0 aliphatic rings. The number of halogens is 1. The van der Waals surface area contributed by atoms with E-state index in [1.807, 2.05) is 24.3 Å². The van der Waals surface area contributed by atoms with Crippen LogP contribution in [0.4, 0.5) is 0 Å². The quantitative estimate of drug-likeness (QED) is 0.634. The summed E-state index contributed by atoms with van der Waals surface area (Å²) in [6.45, 7) is 3.55. The molecule has 2 aromatic heterocycles. The molecular weight excluding hydrogens is 314 g/mol. The van der Waals surface area contributed by atoms with Gasteiger partial charge in [-0.2, -0.15) is 10.5 Å². The molecule has 3 aromatic rings. The second-order valence-corrected chi connectivity index (χ2v) is 6.30. The number of pyridine rings is 1. The van der Waals surface area contributed by atoms with E-state index in [0.717, 1.165) is 15.0 Å². The number of hydrogen-bond acceptors (Lipinski definition) is 4. The van der Waals surface area contributed by atoms with Gasteiger partial charge in [-0.25, -0.2) is 0 Å². The Hall–Kier alpha value is -2.40. The van der Waals surface area contributed by atoms with Gasteiger partial charge in [-0.15, -0.1) is 11.3 Å². The summed E-state index contributed by atoms with van der Waals surface area (Å²) >= 11 is 8.02. The summed E-state index contributed by atoms with van der Waals surface area (Å²) < 4.78 is 1.03.